The normalized spacial score (nSPS) is 22.6. The fourth-order valence-corrected chi connectivity index (χ4v) is 3.51. The summed E-state index contributed by atoms with van der Waals surface area (Å²) in [4.78, 5) is 0.274. The van der Waals surface area contributed by atoms with Gasteiger partial charge in [-0.1, -0.05) is 0 Å². The molecule has 0 aliphatic heterocycles. The molecule has 1 aliphatic carbocycles. The minimum atomic E-state index is -3.42. The second kappa shape index (κ2) is 6.11. The van der Waals surface area contributed by atoms with Crippen molar-refractivity contribution in [3.8, 4) is 0 Å². The fraction of sp³-hybridized carbons (Fsp3) is 0.571. The van der Waals surface area contributed by atoms with Gasteiger partial charge in [0.1, 0.15) is 0 Å². The summed E-state index contributed by atoms with van der Waals surface area (Å²) in [6.45, 7) is 4.40. The van der Waals surface area contributed by atoms with E-state index in [1.54, 1.807) is 38.1 Å². The van der Waals surface area contributed by atoms with Gasteiger partial charge in [0.15, 0.2) is 0 Å². The molecule has 1 aromatic rings. The highest BCUT2D eigenvalue weighted by Gasteiger charge is 2.26. The summed E-state index contributed by atoms with van der Waals surface area (Å²) in [7, 11) is -3.42. The van der Waals surface area contributed by atoms with E-state index >= 15 is 0 Å². The van der Waals surface area contributed by atoms with Crippen LogP contribution < -0.4 is 10.0 Å². The fourth-order valence-electron chi connectivity index (χ4n) is 2.26. The molecule has 1 aliphatic rings. The van der Waals surface area contributed by atoms with Gasteiger partial charge in [0.25, 0.3) is 0 Å². The maximum absolute atomic E-state index is 12.0. The van der Waals surface area contributed by atoms with Crippen LogP contribution in [0.5, 0.6) is 0 Å². The SMILES string of the molecule is CC(C)NS(=O)(=O)c1ccc(NCC2CC(O)C2)cc1. The van der Waals surface area contributed by atoms with Crippen LogP contribution in [0, 0.1) is 5.92 Å². The van der Waals surface area contributed by atoms with E-state index in [0.717, 1.165) is 25.1 Å². The predicted octanol–water partition coefficient (Wildman–Crippen LogP) is 1.56. The third-order valence-corrected chi connectivity index (χ3v) is 5.04. The van der Waals surface area contributed by atoms with Gasteiger partial charge in [0.05, 0.1) is 11.0 Å². The first-order valence-electron chi connectivity index (χ1n) is 6.91. The van der Waals surface area contributed by atoms with Crippen LogP contribution >= 0.6 is 0 Å². The quantitative estimate of drug-likeness (QED) is 0.744. The molecule has 20 heavy (non-hydrogen) atoms. The standard InChI is InChI=1S/C14H22N2O3S/c1-10(2)16-20(18,19)14-5-3-12(4-6-14)15-9-11-7-13(17)8-11/h3-6,10-11,13,15-17H,7-9H2,1-2H3. The molecule has 0 spiro atoms. The first-order valence-corrected chi connectivity index (χ1v) is 8.39. The van der Waals surface area contributed by atoms with Gasteiger partial charge in [0, 0.05) is 18.3 Å². The van der Waals surface area contributed by atoms with E-state index in [0.29, 0.717) is 5.92 Å². The Bertz CT molecular complexity index is 534. The van der Waals surface area contributed by atoms with Crippen LogP contribution in [0.25, 0.3) is 0 Å². The summed E-state index contributed by atoms with van der Waals surface area (Å²) in [6, 6.07) is 6.61. The minimum Gasteiger partial charge on any atom is -0.393 e. The third-order valence-electron chi connectivity index (χ3n) is 3.36. The van der Waals surface area contributed by atoms with Crippen molar-refractivity contribution in [1.82, 2.24) is 4.72 Å². The Morgan fingerprint density at radius 2 is 1.85 bits per heavy atom. The Labute approximate surface area is 120 Å². The number of nitrogens with one attached hydrogen (secondary N) is 2. The van der Waals surface area contributed by atoms with Crippen molar-refractivity contribution < 1.29 is 13.5 Å². The molecule has 0 atom stereocenters. The number of hydrogen-bond donors (Lipinski definition) is 3. The molecule has 0 unspecified atom stereocenters. The molecule has 0 bridgehead atoms. The zero-order valence-corrected chi connectivity index (χ0v) is 12.7. The lowest BCUT2D eigenvalue weighted by Gasteiger charge is -2.31. The van der Waals surface area contributed by atoms with Crippen LogP contribution in [0.2, 0.25) is 0 Å². The molecule has 0 saturated heterocycles. The Morgan fingerprint density at radius 1 is 1.25 bits per heavy atom. The van der Waals surface area contributed by atoms with Crippen molar-refractivity contribution in [3.63, 3.8) is 0 Å². The molecule has 0 heterocycles. The van der Waals surface area contributed by atoms with Crippen LogP contribution in [-0.4, -0.2) is 32.2 Å². The maximum atomic E-state index is 12.0. The average Bonchev–Trinajstić information content (AvgIpc) is 2.32. The smallest absolute Gasteiger partial charge is 0.240 e. The first kappa shape index (κ1) is 15.3. The van der Waals surface area contributed by atoms with Gasteiger partial charge in [-0.15, -0.1) is 0 Å². The van der Waals surface area contributed by atoms with Gasteiger partial charge in [-0.2, -0.15) is 0 Å². The van der Waals surface area contributed by atoms with Crippen molar-refractivity contribution in [2.45, 2.75) is 43.7 Å². The van der Waals surface area contributed by atoms with E-state index in [4.69, 9.17) is 0 Å². The summed E-state index contributed by atoms with van der Waals surface area (Å²) in [5.41, 5.74) is 0.898. The van der Waals surface area contributed by atoms with Crippen molar-refractivity contribution in [2.24, 2.45) is 5.92 Å². The lowest BCUT2D eigenvalue weighted by Crippen LogP contribution is -2.33. The summed E-state index contributed by atoms with van der Waals surface area (Å²) < 4.78 is 26.5. The molecule has 0 radical (unpaired) electrons. The highest BCUT2D eigenvalue weighted by molar-refractivity contribution is 7.89. The Hall–Kier alpha value is -1.11. The lowest BCUT2D eigenvalue weighted by molar-refractivity contribution is 0.0487. The summed E-state index contributed by atoms with van der Waals surface area (Å²) in [5.74, 6) is 0.510. The predicted molar refractivity (Wildman–Crippen MR) is 79.1 cm³/mol. The lowest BCUT2D eigenvalue weighted by atomic mass is 9.82. The highest BCUT2D eigenvalue weighted by atomic mass is 32.2. The van der Waals surface area contributed by atoms with E-state index in [-0.39, 0.29) is 17.0 Å². The zero-order chi connectivity index (χ0) is 14.8. The monoisotopic (exact) mass is 298 g/mol. The molecule has 5 nitrogen and oxygen atoms in total. The molecule has 1 aromatic carbocycles. The Morgan fingerprint density at radius 3 is 2.35 bits per heavy atom. The molecular formula is C14H22N2O3S. The van der Waals surface area contributed by atoms with Gasteiger partial charge in [-0.05, 0) is 56.9 Å². The van der Waals surface area contributed by atoms with Crippen molar-refractivity contribution in [3.05, 3.63) is 24.3 Å². The zero-order valence-electron chi connectivity index (χ0n) is 11.8. The molecule has 0 aromatic heterocycles. The van der Waals surface area contributed by atoms with Crippen molar-refractivity contribution in [2.75, 3.05) is 11.9 Å². The molecular weight excluding hydrogens is 276 g/mol. The van der Waals surface area contributed by atoms with Crippen molar-refractivity contribution in [1.29, 1.82) is 0 Å². The molecule has 1 fully saturated rings. The van der Waals surface area contributed by atoms with Crippen LogP contribution in [0.1, 0.15) is 26.7 Å². The number of rotatable bonds is 6. The molecule has 1 saturated carbocycles. The maximum Gasteiger partial charge on any atom is 0.240 e. The molecule has 6 heteroatoms. The number of benzene rings is 1. The first-order chi connectivity index (χ1) is 9.37. The van der Waals surface area contributed by atoms with Crippen molar-refractivity contribution >= 4 is 15.7 Å². The number of aliphatic hydroxyl groups excluding tert-OH is 1. The summed E-state index contributed by atoms with van der Waals surface area (Å²) >= 11 is 0. The van der Waals surface area contributed by atoms with Crippen LogP contribution in [0.15, 0.2) is 29.2 Å². The topological polar surface area (TPSA) is 78.4 Å². The van der Waals surface area contributed by atoms with Gasteiger partial charge in [-0.25, -0.2) is 13.1 Å². The second-order valence-corrected chi connectivity index (χ2v) is 7.39. The molecule has 0 amide bonds. The molecule has 112 valence electrons. The number of anilines is 1. The summed E-state index contributed by atoms with van der Waals surface area (Å²) in [6.07, 6.45) is 1.55. The largest absolute Gasteiger partial charge is 0.393 e. The van der Waals surface area contributed by atoms with Gasteiger partial charge in [-0.3, -0.25) is 0 Å². The Kier molecular flexibility index (Phi) is 4.67. The van der Waals surface area contributed by atoms with E-state index in [1.165, 1.54) is 0 Å². The van der Waals surface area contributed by atoms with E-state index in [9.17, 15) is 13.5 Å². The highest BCUT2D eigenvalue weighted by Crippen LogP contribution is 2.27. The second-order valence-electron chi connectivity index (χ2n) is 5.67. The van der Waals surface area contributed by atoms with Gasteiger partial charge >= 0.3 is 0 Å². The third kappa shape index (κ3) is 3.94. The van der Waals surface area contributed by atoms with E-state index < -0.39 is 10.0 Å². The number of hydrogen-bond acceptors (Lipinski definition) is 4. The number of sulfonamides is 1. The molecule has 2 rings (SSSR count). The molecule has 3 N–H and O–H groups in total. The van der Waals surface area contributed by atoms with Crippen LogP contribution in [0.4, 0.5) is 5.69 Å². The number of aliphatic hydroxyl groups is 1. The van der Waals surface area contributed by atoms with E-state index in [2.05, 4.69) is 10.0 Å². The minimum absolute atomic E-state index is 0.122. The average molecular weight is 298 g/mol. The van der Waals surface area contributed by atoms with Gasteiger partial charge < -0.3 is 10.4 Å². The Balaban J connectivity index is 1.92. The van der Waals surface area contributed by atoms with Crippen LogP contribution in [0.3, 0.4) is 0 Å². The van der Waals surface area contributed by atoms with Gasteiger partial charge in [0.2, 0.25) is 10.0 Å². The summed E-state index contributed by atoms with van der Waals surface area (Å²) in [5, 5.41) is 12.5. The van der Waals surface area contributed by atoms with Crippen LogP contribution in [-0.2, 0) is 10.0 Å². The van der Waals surface area contributed by atoms with E-state index in [1.807, 2.05) is 0 Å².